The molecule has 26 heavy (non-hydrogen) atoms. The lowest BCUT2D eigenvalue weighted by atomic mass is 10.2. The number of carbonyl (C=O) groups is 1. The van der Waals surface area contributed by atoms with Crippen molar-refractivity contribution in [2.75, 3.05) is 13.1 Å². The summed E-state index contributed by atoms with van der Waals surface area (Å²) in [5, 5.41) is 3.81. The van der Waals surface area contributed by atoms with E-state index in [1.165, 1.54) is 59.1 Å². The summed E-state index contributed by atoms with van der Waals surface area (Å²) in [5.74, 6) is -0.885. The highest BCUT2D eigenvalue weighted by Crippen LogP contribution is 2.21. The Labute approximate surface area is 151 Å². The van der Waals surface area contributed by atoms with E-state index in [0.717, 1.165) is 12.8 Å². The van der Waals surface area contributed by atoms with Crippen molar-refractivity contribution < 1.29 is 17.6 Å². The number of rotatable bonds is 5. The van der Waals surface area contributed by atoms with Crippen molar-refractivity contribution in [2.24, 2.45) is 5.10 Å². The van der Waals surface area contributed by atoms with E-state index in [4.69, 9.17) is 0 Å². The van der Waals surface area contributed by atoms with Crippen LogP contribution >= 0.6 is 0 Å². The fourth-order valence-corrected chi connectivity index (χ4v) is 4.22. The van der Waals surface area contributed by atoms with Crippen molar-refractivity contribution in [3.8, 4) is 0 Å². The van der Waals surface area contributed by atoms with Crippen LogP contribution in [-0.2, 0) is 10.0 Å². The molecule has 2 aromatic rings. The van der Waals surface area contributed by atoms with Gasteiger partial charge in [0.25, 0.3) is 5.91 Å². The molecule has 1 saturated heterocycles. The van der Waals surface area contributed by atoms with Crippen molar-refractivity contribution >= 4 is 22.1 Å². The standard InChI is InChI=1S/C18H18FN3O3S/c19-16-8-6-14(7-9-16)13-20-21-18(23)15-4-3-5-17(12-15)26(24,25)22-10-1-2-11-22/h3-9,12-13H,1-2,10-11H2,(H,21,23). The minimum Gasteiger partial charge on any atom is -0.267 e. The number of hydrazone groups is 1. The molecule has 1 fully saturated rings. The normalized spacial score (nSPS) is 15.4. The van der Waals surface area contributed by atoms with Crippen molar-refractivity contribution in [1.82, 2.24) is 9.73 Å². The van der Waals surface area contributed by atoms with Gasteiger partial charge in [-0.15, -0.1) is 0 Å². The number of carbonyl (C=O) groups excluding carboxylic acids is 1. The van der Waals surface area contributed by atoms with E-state index in [0.29, 0.717) is 18.7 Å². The first-order valence-electron chi connectivity index (χ1n) is 8.16. The van der Waals surface area contributed by atoms with E-state index >= 15 is 0 Å². The van der Waals surface area contributed by atoms with Gasteiger partial charge in [-0.25, -0.2) is 18.2 Å². The van der Waals surface area contributed by atoms with Gasteiger partial charge in [0, 0.05) is 18.7 Å². The van der Waals surface area contributed by atoms with Gasteiger partial charge in [-0.2, -0.15) is 9.41 Å². The molecule has 0 bridgehead atoms. The molecule has 6 nitrogen and oxygen atoms in total. The third-order valence-corrected chi connectivity index (χ3v) is 5.94. The molecule has 1 amide bonds. The zero-order chi connectivity index (χ0) is 18.6. The van der Waals surface area contributed by atoms with Gasteiger partial charge >= 0.3 is 0 Å². The van der Waals surface area contributed by atoms with E-state index in [9.17, 15) is 17.6 Å². The molecule has 8 heteroatoms. The van der Waals surface area contributed by atoms with Crippen molar-refractivity contribution in [3.63, 3.8) is 0 Å². The first kappa shape index (κ1) is 18.2. The number of halogens is 1. The number of amides is 1. The number of hydrogen-bond donors (Lipinski definition) is 1. The Bertz CT molecular complexity index is 921. The smallest absolute Gasteiger partial charge is 0.267 e. The number of nitrogens with zero attached hydrogens (tertiary/aromatic N) is 2. The predicted octanol–water partition coefficient (Wildman–Crippen LogP) is 2.37. The quantitative estimate of drug-likeness (QED) is 0.644. The fraction of sp³-hybridized carbons (Fsp3) is 0.222. The minimum atomic E-state index is -3.58. The van der Waals surface area contributed by atoms with E-state index in [2.05, 4.69) is 10.5 Å². The second-order valence-electron chi connectivity index (χ2n) is 5.89. The minimum absolute atomic E-state index is 0.0922. The second-order valence-corrected chi connectivity index (χ2v) is 7.83. The van der Waals surface area contributed by atoms with Crippen LogP contribution in [-0.4, -0.2) is 37.9 Å². The summed E-state index contributed by atoms with van der Waals surface area (Å²) < 4.78 is 39.4. The molecule has 0 radical (unpaired) electrons. The predicted molar refractivity (Wildman–Crippen MR) is 95.9 cm³/mol. The maximum Gasteiger partial charge on any atom is 0.271 e. The van der Waals surface area contributed by atoms with Crippen LogP contribution in [0.2, 0.25) is 0 Å². The maximum absolute atomic E-state index is 12.8. The largest absolute Gasteiger partial charge is 0.271 e. The summed E-state index contributed by atoms with van der Waals surface area (Å²) in [6.45, 7) is 1.00. The second kappa shape index (κ2) is 7.76. The topological polar surface area (TPSA) is 78.8 Å². The third-order valence-electron chi connectivity index (χ3n) is 4.05. The van der Waals surface area contributed by atoms with Crippen LogP contribution in [0.25, 0.3) is 0 Å². The zero-order valence-electron chi connectivity index (χ0n) is 13.9. The summed E-state index contributed by atoms with van der Waals surface area (Å²) in [7, 11) is -3.58. The lowest BCUT2D eigenvalue weighted by Gasteiger charge is -2.15. The summed E-state index contributed by atoms with van der Waals surface area (Å²) in [4.78, 5) is 12.3. The van der Waals surface area contributed by atoms with Crippen molar-refractivity contribution in [3.05, 3.63) is 65.5 Å². The molecule has 0 saturated carbocycles. The summed E-state index contributed by atoms with van der Waals surface area (Å²) >= 11 is 0. The third kappa shape index (κ3) is 4.14. The molecule has 1 heterocycles. The van der Waals surface area contributed by atoms with Gasteiger partial charge in [-0.3, -0.25) is 4.79 Å². The summed E-state index contributed by atoms with van der Waals surface area (Å²) in [6.07, 6.45) is 3.07. The van der Waals surface area contributed by atoms with Crippen LogP contribution in [0.1, 0.15) is 28.8 Å². The monoisotopic (exact) mass is 375 g/mol. The number of benzene rings is 2. The van der Waals surface area contributed by atoms with Gasteiger partial charge < -0.3 is 0 Å². The van der Waals surface area contributed by atoms with Crippen LogP contribution < -0.4 is 5.43 Å². The molecular weight excluding hydrogens is 357 g/mol. The van der Waals surface area contributed by atoms with Crippen LogP contribution in [0, 0.1) is 5.82 Å². The van der Waals surface area contributed by atoms with Gasteiger partial charge in [0.2, 0.25) is 10.0 Å². The highest BCUT2D eigenvalue weighted by molar-refractivity contribution is 7.89. The average molecular weight is 375 g/mol. The average Bonchev–Trinajstić information content (AvgIpc) is 3.19. The fourth-order valence-electron chi connectivity index (χ4n) is 2.65. The molecule has 1 aliphatic heterocycles. The number of sulfonamides is 1. The van der Waals surface area contributed by atoms with Crippen molar-refractivity contribution in [1.29, 1.82) is 0 Å². The Morgan fingerprint density at radius 1 is 1.12 bits per heavy atom. The van der Waals surface area contributed by atoms with Crippen molar-refractivity contribution in [2.45, 2.75) is 17.7 Å². The molecule has 0 spiro atoms. The van der Waals surface area contributed by atoms with Gasteiger partial charge in [0.1, 0.15) is 5.82 Å². The molecule has 2 aromatic carbocycles. The van der Waals surface area contributed by atoms with E-state index in [1.54, 1.807) is 0 Å². The number of nitrogens with one attached hydrogen (secondary N) is 1. The SMILES string of the molecule is O=C(NN=Cc1ccc(F)cc1)c1cccc(S(=O)(=O)N2CCCC2)c1. The first-order valence-corrected chi connectivity index (χ1v) is 9.60. The molecule has 136 valence electrons. The first-order chi connectivity index (χ1) is 12.5. The summed E-state index contributed by atoms with van der Waals surface area (Å²) in [5.41, 5.74) is 3.16. The number of hydrogen-bond acceptors (Lipinski definition) is 4. The molecule has 3 rings (SSSR count). The van der Waals surface area contributed by atoms with Crippen LogP contribution in [0.3, 0.4) is 0 Å². The molecule has 0 atom stereocenters. The lowest BCUT2D eigenvalue weighted by molar-refractivity contribution is 0.0955. The van der Waals surface area contributed by atoms with Gasteiger partial charge in [0.15, 0.2) is 0 Å². The van der Waals surface area contributed by atoms with E-state index in [1.807, 2.05) is 0 Å². The Morgan fingerprint density at radius 2 is 1.81 bits per heavy atom. The maximum atomic E-state index is 12.8. The Morgan fingerprint density at radius 3 is 2.50 bits per heavy atom. The molecule has 0 aliphatic carbocycles. The molecule has 0 aromatic heterocycles. The zero-order valence-corrected chi connectivity index (χ0v) is 14.7. The molecule has 1 N–H and O–H groups in total. The summed E-state index contributed by atoms with van der Waals surface area (Å²) in [6, 6.07) is 11.5. The molecule has 1 aliphatic rings. The Hall–Kier alpha value is -2.58. The van der Waals surface area contributed by atoms with Gasteiger partial charge in [0.05, 0.1) is 11.1 Å². The molecule has 0 unspecified atom stereocenters. The highest BCUT2D eigenvalue weighted by atomic mass is 32.2. The lowest BCUT2D eigenvalue weighted by Crippen LogP contribution is -2.28. The van der Waals surface area contributed by atoms with Gasteiger partial charge in [-0.1, -0.05) is 18.2 Å². The van der Waals surface area contributed by atoms with E-state index < -0.39 is 15.9 Å². The van der Waals surface area contributed by atoms with Crippen LogP contribution in [0.4, 0.5) is 4.39 Å². The highest BCUT2D eigenvalue weighted by Gasteiger charge is 2.27. The van der Waals surface area contributed by atoms with Gasteiger partial charge in [-0.05, 0) is 48.7 Å². The Balaban J connectivity index is 1.71. The van der Waals surface area contributed by atoms with Crippen LogP contribution in [0.15, 0.2) is 58.5 Å². The Kier molecular flexibility index (Phi) is 5.43. The molecular formula is C18H18FN3O3S. The van der Waals surface area contributed by atoms with E-state index in [-0.39, 0.29) is 16.3 Å². The van der Waals surface area contributed by atoms with Crippen LogP contribution in [0.5, 0.6) is 0 Å².